The Bertz CT molecular complexity index is 675. The Morgan fingerprint density at radius 1 is 1.48 bits per heavy atom. The summed E-state index contributed by atoms with van der Waals surface area (Å²) in [5.41, 5.74) is 4.91. The first-order valence-electron chi connectivity index (χ1n) is 6.89. The highest BCUT2D eigenvalue weighted by atomic mass is 79.9. The normalized spacial score (nSPS) is 13.4. The third kappa shape index (κ3) is 2.81. The van der Waals surface area contributed by atoms with Gasteiger partial charge in [0.25, 0.3) is 0 Å². The first-order valence-corrected chi connectivity index (χ1v) is 7.68. The molecule has 2 heterocycles. The zero-order chi connectivity index (χ0) is 15.0. The van der Waals surface area contributed by atoms with Crippen molar-refractivity contribution in [1.29, 1.82) is 0 Å². The zero-order valence-corrected chi connectivity index (χ0v) is 13.6. The average molecular weight is 349 g/mol. The first-order chi connectivity index (χ1) is 10.0. The van der Waals surface area contributed by atoms with Crippen molar-refractivity contribution in [3.63, 3.8) is 0 Å². The van der Waals surface area contributed by atoms with Crippen molar-refractivity contribution in [1.82, 2.24) is 10.2 Å². The molecule has 1 aromatic carbocycles. The molecule has 0 radical (unpaired) electrons. The summed E-state index contributed by atoms with van der Waals surface area (Å²) >= 11 is 3.48. The van der Waals surface area contributed by atoms with E-state index in [0.29, 0.717) is 6.54 Å². The van der Waals surface area contributed by atoms with Gasteiger partial charge in [-0.2, -0.15) is 5.10 Å². The minimum atomic E-state index is -0.0154. The quantitative estimate of drug-likeness (QED) is 0.896. The van der Waals surface area contributed by atoms with E-state index < -0.39 is 0 Å². The van der Waals surface area contributed by atoms with Gasteiger partial charge in [0, 0.05) is 16.7 Å². The largest absolute Gasteiger partial charge is 0.362 e. The van der Waals surface area contributed by atoms with E-state index in [0.717, 1.165) is 40.2 Å². The number of carbonyl (C=O) groups is 1. The molecule has 2 N–H and O–H groups in total. The number of carbonyl (C=O) groups excluding carboxylic acids is 1. The maximum Gasteiger partial charge on any atom is 0.243 e. The Kier molecular flexibility index (Phi) is 3.71. The molecule has 5 nitrogen and oxygen atoms in total. The predicted molar refractivity (Wildman–Crippen MR) is 86.8 cm³/mol. The molecule has 6 heteroatoms. The number of rotatable bonds is 3. The van der Waals surface area contributed by atoms with Gasteiger partial charge in [-0.15, -0.1) is 0 Å². The van der Waals surface area contributed by atoms with Crippen LogP contribution in [0.25, 0.3) is 0 Å². The highest BCUT2D eigenvalue weighted by Crippen LogP contribution is 2.30. The maximum absolute atomic E-state index is 12.2. The Morgan fingerprint density at radius 2 is 2.29 bits per heavy atom. The van der Waals surface area contributed by atoms with E-state index in [-0.39, 0.29) is 5.91 Å². The molecule has 0 saturated heterocycles. The molecule has 0 fully saturated rings. The Hall–Kier alpha value is -1.82. The molecule has 0 saturated carbocycles. The summed E-state index contributed by atoms with van der Waals surface area (Å²) in [6.07, 6.45) is 0.978. The van der Waals surface area contributed by atoms with Crippen LogP contribution in [0.15, 0.2) is 22.7 Å². The van der Waals surface area contributed by atoms with Gasteiger partial charge in [-0.3, -0.25) is 9.89 Å². The van der Waals surface area contributed by atoms with Crippen molar-refractivity contribution in [3.8, 4) is 0 Å². The summed E-state index contributed by atoms with van der Waals surface area (Å²) in [5, 5.41) is 9.91. The van der Waals surface area contributed by atoms with Crippen molar-refractivity contribution < 1.29 is 4.79 Å². The van der Waals surface area contributed by atoms with Gasteiger partial charge in [0.1, 0.15) is 0 Å². The number of aryl methyl sites for hydroxylation is 2. The zero-order valence-electron chi connectivity index (χ0n) is 12.0. The van der Waals surface area contributed by atoms with Crippen molar-refractivity contribution in [2.75, 3.05) is 23.3 Å². The Balaban J connectivity index is 1.70. The van der Waals surface area contributed by atoms with Crippen LogP contribution in [0.5, 0.6) is 0 Å². The van der Waals surface area contributed by atoms with E-state index in [1.165, 1.54) is 5.56 Å². The summed E-state index contributed by atoms with van der Waals surface area (Å²) in [4.78, 5) is 14.4. The number of anilines is 2. The Labute approximate surface area is 131 Å². The topological polar surface area (TPSA) is 61.0 Å². The number of nitrogens with one attached hydrogen (secondary N) is 2. The second-order valence-corrected chi connectivity index (χ2v) is 6.22. The van der Waals surface area contributed by atoms with Crippen LogP contribution in [0.2, 0.25) is 0 Å². The third-order valence-electron chi connectivity index (χ3n) is 3.76. The van der Waals surface area contributed by atoms with E-state index in [9.17, 15) is 4.79 Å². The molecular formula is C15H17BrN4O. The van der Waals surface area contributed by atoms with E-state index in [4.69, 9.17) is 0 Å². The highest BCUT2D eigenvalue weighted by Gasteiger charge is 2.21. The van der Waals surface area contributed by atoms with Crippen LogP contribution < -0.4 is 10.2 Å². The van der Waals surface area contributed by atoms with Crippen LogP contribution >= 0.6 is 15.9 Å². The summed E-state index contributed by atoms with van der Waals surface area (Å²) in [5.74, 6) is -0.0154. The number of hydrogen-bond acceptors (Lipinski definition) is 3. The van der Waals surface area contributed by atoms with Crippen LogP contribution in [0.1, 0.15) is 17.0 Å². The molecule has 2 aromatic rings. The number of amides is 1. The molecule has 21 heavy (non-hydrogen) atoms. The first kappa shape index (κ1) is 14.1. The fraction of sp³-hybridized carbons (Fsp3) is 0.333. The van der Waals surface area contributed by atoms with Gasteiger partial charge >= 0.3 is 0 Å². The number of nitrogens with zero attached hydrogens (tertiary/aromatic N) is 2. The fourth-order valence-electron chi connectivity index (χ4n) is 2.69. The van der Waals surface area contributed by atoms with Crippen LogP contribution in [-0.2, 0) is 11.2 Å². The lowest BCUT2D eigenvalue weighted by Gasteiger charge is -2.19. The molecule has 1 amide bonds. The van der Waals surface area contributed by atoms with Crippen LogP contribution in [-0.4, -0.2) is 29.2 Å². The van der Waals surface area contributed by atoms with E-state index >= 15 is 0 Å². The summed E-state index contributed by atoms with van der Waals surface area (Å²) < 4.78 is 1.08. The lowest BCUT2D eigenvalue weighted by atomic mass is 10.2. The van der Waals surface area contributed by atoms with Gasteiger partial charge < -0.3 is 10.2 Å². The maximum atomic E-state index is 12.2. The Morgan fingerprint density at radius 3 is 3.00 bits per heavy atom. The second kappa shape index (κ2) is 5.52. The van der Waals surface area contributed by atoms with Crippen molar-refractivity contribution in [2.45, 2.75) is 20.3 Å². The van der Waals surface area contributed by atoms with Crippen LogP contribution in [0.3, 0.4) is 0 Å². The van der Waals surface area contributed by atoms with E-state index in [1.54, 1.807) is 0 Å². The molecule has 3 rings (SSSR count). The fourth-order valence-corrected chi connectivity index (χ4v) is 3.10. The number of aromatic nitrogens is 2. The number of fused-ring (bicyclic) bond motifs is 1. The lowest BCUT2D eigenvalue weighted by molar-refractivity contribution is -0.115. The third-order valence-corrected chi connectivity index (χ3v) is 4.25. The number of H-pyrrole nitrogens is 1. The molecule has 110 valence electrons. The van der Waals surface area contributed by atoms with E-state index in [1.807, 2.05) is 19.9 Å². The number of halogens is 1. The molecule has 1 aliphatic heterocycles. The molecule has 0 spiro atoms. The van der Waals surface area contributed by atoms with Gasteiger partial charge in [0.15, 0.2) is 0 Å². The van der Waals surface area contributed by atoms with Crippen LogP contribution in [0, 0.1) is 13.8 Å². The molecule has 0 atom stereocenters. The number of aromatic amines is 1. The number of hydrogen-bond donors (Lipinski definition) is 2. The van der Waals surface area contributed by atoms with Gasteiger partial charge in [0.2, 0.25) is 5.91 Å². The second-order valence-electron chi connectivity index (χ2n) is 5.30. The molecule has 0 unspecified atom stereocenters. The van der Waals surface area contributed by atoms with Crippen molar-refractivity contribution in [3.05, 3.63) is 39.6 Å². The van der Waals surface area contributed by atoms with Gasteiger partial charge in [-0.25, -0.2) is 0 Å². The van der Waals surface area contributed by atoms with E-state index in [2.05, 4.69) is 48.5 Å². The van der Waals surface area contributed by atoms with Crippen LogP contribution in [0.4, 0.5) is 11.4 Å². The van der Waals surface area contributed by atoms with Gasteiger partial charge in [-0.1, -0.05) is 15.9 Å². The summed E-state index contributed by atoms with van der Waals surface area (Å²) in [6, 6.07) is 6.20. The average Bonchev–Trinajstić information content (AvgIpc) is 2.97. The monoisotopic (exact) mass is 348 g/mol. The highest BCUT2D eigenvalue weighted by molar-refractivity contribution is 9.10. The predicted octanol–water partition coefficient (Wildman–Crippen LogP) is 2.79. The molecule has 1 aliphatic rings. The molecule has 0 bridgehead atoms. The minimum absolute atomic E-state index is 0.0154. The minimum Gasteiger partial charge on any atom is -0.362 e. The smallest absolute Gasteiger partial charge is 0.243 e. The molecule has 1 aromatic heterocycles. The molecule has 0 aliphatic carbocycles. The summed E-state index contributed by atoms with van der Waals surface area (Å²) in [7, 11) is 0. The van der Waals surface area contributed by atoms with Crippen molar-refractivity contribution >= 4 is 33.2 Å². The van der Waals surface area contributed by atoms with Gasteiger partial charge in [0.05, 0.1) is 23.6 Å². The summed E-state index contributed by atoms with van der Waals surface area (Å²) in [6.45, 7) is 5.02. The van der Waals surface area contributed by atoms with Gasteiger partial charge in [-0.05, 0) is 44.0 Å². The standard InChI is InChI=1S/C15H17BrN4O/c1-9-15(10(2)19-18-9)17-14(21)8-20-6-5-11-7-12(16)3-4-13(11)20/h3-4,7H,5-6,8H2,1-2H3,(H,17,21)(H,18,19). The van der Waals surface area contributed by atoms with Crippen molar-refractivity contribution in [2.24, 2.45) is 0 Å². The SMILES string of the molecule is Cc1n[nH]c(C)c1NC(=O)CN1CCc2cc(Br)ccc21. The lowest BCUT2D eigenvalue weighted by Crippen LogP contribution is -2.32. The number of benzene rings is 1. The molecular weight excluding hydrogens is 332 g/mol.